The van der Waals surface area contributed by atoms with E-state index in [0.717, 1.165) is 12.1 Å². The quantitative estimate of drug-likeness (QED) is 0.723. The summed E-state index contributed by atoms with van der Waals surface area (Å²) >= 11 is 0. The maximum atomic E-state index is 11.7. The molecule has 1 rings (SSSR count). The molecule has 0 fully saturated rings. The fraction of sp³-hybridized carbons (Fsp3) is 0.500. The molecule has 16 heavy (non-hydrogen) atoms. The van der Waals surface area contributed by atoms with Crippen LogP contribution < -0.4 is 9.57 Å². The van der Waals surface area contributed by atoms with E-state index in [9.17, 15) is 4.79 Å². The van der Waals surface area contributed by atoms with E-state index in [1.165, 1.54) is 4.73 Å². The Morgan fingerprint density at radius 3 is 2.56 bits per heavy atom. The van der Waals surface area contributed by atoms with Gasteiger partial charge in [-0.2, -0.15) is 4.84 Å². The van der Waals surface area contributed by atoms with E-state index in [-0.39, 0.29) is 6.09 Å². The lowest BCUT2D eigenvalue weighted by Crippen LogP contribution is -2.52. The first kappa shape index (κ1) is 12.5. The third-order valence-corrected chi connectivity index (χ3v) is 2.46. The minimum atomic E-state index is -0.309. The molecule has 0 saturated carbocycles. The summed E-state index contributed by atoms with van der Waals surface area (Å²) < 4.78 is 1.53. The molecule has 0 atom stereocenters. The van der Waals surface area contributed by atoms with Crippen LogP contribution in [0.2, 0.25) is 0 Å². The van der Waals surface area contributed by atoms with E-state index in [1.54, 1.807) is 11.1 Å². The van der Waals surface area contributed by atoms with Crippen molar-refractivity contribution in [3.8, 4) is 0 Å². The van der Waals surface area contributed by atoms with Crippen LogP contribution in [0.15, 0.2) is 24.4 Å². The lowest BCUT2D eigenvalue weighted by molar-refractivity contribution is -0.874. The Balaban J connectivity index is 2.76. The van der Waals surface area contributed by atoms with Crippen LogP contribution in [-0.2, 0) is 6.42 Å². The Labute approximate surface area is 96.4 Å². The largest absolute Gasteiger partial charge is 0.478 e. The van der Waals surface area contributed by atoms with Crippen molar-refractivity contribution in [2.24, 2.45) is 0 Å². The van der Waals surface area contributed by atoms with Gasteiger partial charge in [0, 0.05) is 36.4 Å². The fourth-order valence-corrected chi connectivity index (χ4v) is 1.45. The summed E-state index contributed by atoms with van der Waals surface area (Å²) in [6.45, 7) is 7.20. The van der Waals surface area contributed by atoms with E-state index in [4.69, 9.17) is 4.84 Å². The monoisotopic (exact) mass is 223 g/mol. The molecule has 4 nitrogen and oxygen atoms in total. The number of carbonyl (C=O) groups excluding carboxylic acids is 1. The van der Waals surface area contributed by atoms with Gasteiger partial charge in [-0.3, -0.25) is 0 Å². The van der Waals surface area contributed by atoms with E-state index < -0.39 is 0 Å². The molecule has 0 aliphatic rings. The van der Waals surface area contributed by atoms with Gasteiger partial charge < -0.3 is 4.90 Å². The fourth-order valence-electron chi connectivity index (χ4n) is 1.45. The smallest absolute Gasteiger partial charge is 0.303 e. The van der Waals surface area contributed by atoms with Gasteiger partial charge in [0.05, 0.1) is 0 Å². The summed E-state index contributed by atoms with van der Waals surface area (Å²) in [5.41, 5.74) is 0.975. The Morgan fingerprint density at radius 1 is 1.31 bits per heavy atom. The number of hydrogen-bond donors (Lipinski definition) is 0. The summed E-state index contributed by atoms with van der Waals surface area (Å²) in [6, 6.07) is 5.71. The summed E-state index contributed by atoms with van der Waals surface area (Å²) in [4.78, 5) is 18.6. The third kappa shape index (κ3) is 2.95. The number of aromatic nitrogens is 1. The van der Waals surface area contributed by atoms with Gasteiger partial charge in [-0.25, -0.2) is 4.79 Å². The van der Waals surface area contributed by atoms with Crippen molar-refractivity contribution in [1.29, 1.82) is 0 Å². The number of carbonyl (C=O) groups is 1. The molecule has 0 spiro atoms. The Kier molecular flexibility index (Phi) is 4.76. The molecule has 88 valence electrons. The van der Waals surface area contributed by atoms with Gasteiger partial charge in [0.1, 0.15) is 0 Å². The summed E-state index contributed by atoms with van der Waals surface area (Å²) in [5.74, 6) is 0. The minimum absolute atomic E-state index is 0.309. The molecular formula is C12H19N2O2+. The average molecular weight is 223 g/mol. The molecule has 0 N–H and O–H groups in total. The molecule has 0 unspecified atom stereocenters. The summed E-state index contributed by atoms with van der Waals surface area (Å²) in [5, 5.41) is 0. The maximum absolute atomic E-state index is 11.7. The number of nitrogens with zero attached hydrogens (tertiary/aromatic N) is 2. The van der Waals surface area contributed by atoms with Crippen molar-refractivity contribution in [2.75, 3.05) is 13.1 Å². The van der Waals surface area contributed by atoms with Crippen LogP contribution in [0, 0.1) is 0 Å². The van der Waals surface area contributed by atoms with Gasteiger partial charge in [0.15, 0.2) is 0 Å². The van der Waals surface area contributed by atoms with E-state index in [2.05, 4.69) is 0 Å². The number of hydrogen-bond acceptors (Lipinski definition) is 2. The second-order valence-corrected chi connectivity index (χ2v) is 3.40. The zero-order chi connectivity index (χ0) is 12.0. The highest BCUT2D eigenvalue weighted by Crippen LogP contribution is 1.93. The topological polar surface area (TPSA) is 33.4 Å². The Hall–Kier alpha value is -1.58. The molecule has 0 aromatic carbocycles. The predicted molar refractivity (Wildman–Crippen MR) is 60.9 cm³/mol. The first-order valence-electron chi connectivity index (χ1n) is 5.69. The lowest BCUT2D eigenvalue weighted by atomic mass is 10.3. The zero-order valence-electron chi connectivity index (χ0n) is 10.1. The second kappa shape index (κ2) is 6.10. The van der Waals surface area contributed by atoms with E-state index in [0.29, 0.717) is 13.1 Å². The second-order valence-electron chi connectivity index (χ2n) is 3.40. The third-order valence-electron chi connectivity index (χ3n) is 2.46. The number of rotatable bonds is 4. The molecule has 0 saturated heterocycles. The van der Waals surface area contributed by atoms with Gasteiger partial charge in [0.2, 0.25) is 11.9 Å². The summed E-state index contributed by atoms with van der Waals surface area (Å²) in [6.07, 6.45) is 2.27. The van der Waals surface area contributed by atoms with Gasteiger partial charge in [-0.05, 0) is 19.9 Å². The normalized spacial score (nSPS) is 9.94. The Bertz CT molecular complexity index is 349. The minimum Gasteiger partial charge on any atom is -0.303 e. The molecule has 1 amide bonds. The molecule has 1 heterocycles. The highest BCUT2D eigenvalue weighted by Gasteiger charge is 2.19. The highest BCUT2D eigenvalue weighted by atomic mass is 16.7. The van der Waals surface area contributed by atoms with Crippen molar-refractivity contribution < 1.29 is 14.4 Å². The van der Waals surface area contributed by atoms with Crippen molar-refractivity contribution in [1.82, 2.24) is 4.90 Å². The van der Waals surface area contributed by atoms with Crippen molar-refractivity contribution in [3.05, 3.63) is 30.1 Å². The van der Waals surface area contributed by atoms with Crippen LogP contribution in [-0.4, -0.2) is 24.1 Å². The van der Waals surface area contributed by atoms with Crippen molar-refractivity contribution in [2.45, 2.75) is 27.2 Å². The molecule has 0 bridgehead atoms. The molecule has 4 heteroatoms. The first-order valence-corrected chi connectivity index (χ1v) is 5.69. The highest BCUT2D eigenvalue weighted by molar-refractivity contribution is 5.66. The van der Waals surface area contributed by atoms with Crippen LogP contribution in [0.1, 0.15) is 26.5 Å². The number of aryl methyl sites for hydroxylation is 1. The Morgan fingerprint density at radius 2 is 2.00 bits per heavy atom. The van der Waals surface area contributed by atoms with E-state index >= 15 is 0 Å². The van der Waals surface area contributed by atoms with Gasteiger partial charge in [-0.1, -0.05) is 6.92 Å². The van der Waals surface area contributed by atoms with Gasteiger partial charge >= 0.3 is 6.09 Å². The maximum Gasteiger partial charge on any atom is 0.478 e. The molecular weight excluding hydrogens is 204 g/mol. The average Bonchev–Trinajstić information content (AvgIpc) is 2.31. The van der Waals surface area contributed by atoms with Crippen LogP contribution >= 0.6 is 0 Å². The molecule has 0 radical (unpaired) electrons. The molecule has 0 aliphatic heterocycles. The SMILES string of the molecule is CCc1cccc[n+]1OC(=O)N(CC)CC. The van der Waals surface area contributed by atoms with Gasteiger partial charge in [-0.15, -0.1) is 0 Å². The van der Waals surface area contributed by atoms with E-state index in [1.807, 2.05) is 39.0 Å². The summed E-state index contributed by atoms with van der Waals surface area (Å²) in [7, 11) is 0. The van der Waals surface area contributed by atoms with Crippen molar-refractivity contribution >= 4 is 6.09 Å². The number of pyridine rings is 1. The van der Waals surface area contributed by atoms with Crippen LogP contribution in [0.4, 0.5) is 4.79 Å². The standard InChI is InChI=1S/C12H19N2O2/c1-4-11-9-7-8-10-14(11)16-12(15)13(5-2)6-3/h7-10H,4-6H2,1-3H3/q+1. The lowest BCUT2D eigenvalue weighted by Gasteiger charge is -2.14. The predicted octanol–water partition coefficient (Wildman–Crippen LogP) is 1.43. The van der Waals surface area contributed by atoms with Gasteiger partial charge in [0.25, 0.3) is 0 Å². The first-order chi connectivity index (χ1) is 7.72. The van der Waals surface area contributed by atoms with Crippen LogP contribution in [0.3, 0.4) is 0 Å². The molecule has 1 aromatic rings. The number of amides is 1. The molecule has 0 aliphatic carbocycles. The van der Waals surface area contributed by atoms with Crippen LogP contribution in [0.25, 0.3) is 0 Å². The zero-order valence-corrected chi connectivity index (χ0v) is 10.1. The molecule has 1 aromatic heterocycles. The van der Waals surface area contributed by atoms with Crippen LogP contribution in [0.5, 0.6) is 0 Å². The van der Waals surface area contributed by atoms with Crippen molar-refractivity contribution in [3.63, 3.8) is 0 Å².